The van der Waals surface area contributed by atoms with E-state index in [1.165, 1.54) is 12.1 Å². The number of methoxy groups -OCH3 is 1. The number of hydrogen-bond acceptors (Lipinski definition) is 3. The van der Waals surface area contributed by atoms with Gasteiger partial charge in [-0.25, -0.2) is 4.39 Å². The Balaban J connectivity index is 2.16. The molecule has 0 saturated carbocycles. The highest BCUT2D eigenvalue weighted by Gasteiger charge is 2.24. The van der Waals surface area contributed by atoms with Crippen LogP contribution in [0.5, 0.6) is 5.75 Å². The number of benzene rings is 1. The zero-order chi connectivity index (χ0) is 15.8. The van der Waals surface area contributed by atoms with Gasteiger partial charge in [-0.2, -0.15) is 0 Å². The number of ether oxygens (including phenoxy) is 1. The Morgan fingerprint density at radius 1 is 1.36 bits per heavy atom. The second kappa shape index (κ2) is 8.91. The molecule has 0 spiro atoms. The molecular weight excluding hydrogens is 279 g/mol. The quantitative estimate of drug-likeness (QED) is 0.587. The average molecular weight is 306 g/mol. The second-order valence-electron chi connectivity index (χ2n) is 5.76. The summed E-state index contributed by atoms with van der Waals surface area (Å²) < 4.78 is 18.9. The van der Waals surface area contributed by atoms with Crippen molar-refractivity contribution in [2.45, 2.75) is 31.7 Å². The van der Waals surface area contributed by atoms with Crippen LogP contribution in [-0.4, -0.2) is 38.2 Å². The lowest BCUT2D eigenvalue weighted by molar-refractivity contribution is 0.160. The van der Waals surface area contributed by atoms with Crippen molar-refractivity contribution in [1.82, 2.24) is 10.2 Å². The van der Waals surface area contributed by atoms with Crippen LogP contribution >= 0.6 is 0 Å². The molecular formula is C18H27FN2O. The van der Waals surface area contributed by atoms with Crippen LogP contribution in [0.1, 0.15) is 37.3 Å². The van der Waals surface area contributed by atoms with Gasteiger partial charge in [0, 0.05) is 43.9 Å². The Morgan fingerprint density at radius 2 is 2.14 bits per heavy atom. The molecule has 2 rings (SSSR count). The summed E-state index contributed by atoms with van der Waals surface area (Å²) in [5.74, 6) is 0.415. The van der Waals surface area contributed by atoms with E-state index in [0.29, 0.717) is 11.8 Å². The summed E-state index contributed by atoms with van der Waals surface area (Å²) in [6, 6.07) is 5.21. The van der Waals surface area contributed by atoms with Gasteiger partial charge in [-0.3, -0.25) is 4.90 Å². The van der Waals surface area contributed by atoms with Gasteiger partial charge in [-0.1, -0.05) is 18.6 Å². The summed E-state index contributed by atoms with van der Waals surface area (Å²) in [5.41, 5.74) is 1.10. The van der Waals surface area contributed by atoms with E-state index in [0.717, 1.165) is 57.4 Å². The zero-order valence-electron chi connectivity index (χ0n) is 13.5. The predicted molar refractivity (Wildman–Crippen MR) is 88.8 cm³/mol. The van der Waals surface area contributed by atoms with Crippen LogP contribution in [0.2, 0.25) is 0 Å². The van der Waals surface area contributed by atoms with Gasteiger partial charge in [0.1, 0.15) is 11.6 Å². The monoisotopic (exact) mass is 306 g/mol. The third-order valence-electron chi connectivity index (χ3n) is 4.28. The van der Waals surface area contributed by atoms with Crippen LogP contribution in [-0.2, 0) is 0 Å². The van der Waals surface area contributed by atoms with Crippen molar-refractivity contribution in [3.8, 4) is 5.75 Å². The summed E-state index contributed by atoms with van der Waals surface area (Å²) in [6.45, 7) is 7.84. The molecule has 22 heavy (non-hydrogen) atoms. The smallest absolute Gasteiger partial charge is 0.126 e. The average Bonchev–Trinajstić information content (AvgIpc) is 2.56. The van der Waals surface area contributed by atoms with Gasteiger partial charge in [0.2, 0.25) is 0 Å². The van der Waals surface area contributed by atoms with Crippen molar-refractivity contribution in [3.05, 3.63) is 42.2 Å². The van der Waals surface area contributed by atoms with Crippen LogP contribution in [0.4, 0.5) is 4.39 Å². The first-order valence-electron chi connectivity index (χ1n) is 8.15. The van der Waals surface area contributed by atoms with Crippen molar-refractivity contribution in [2.24, 2.45) is 0 Å². The molecule has 1 heterocycles. The maximum absolute atomic E-state index is 13.5. The van der Waals surface area contributed by atoms with Crippen molar-refractivity contribution >= 4 is 0 Å². The molecule has 0 bridgehead atoms. The first-order valence-corrected chi connectivity index (χ1v) is 8.15. The second-order valence-corrected chi connectivity index (χ2v) is 5.76. The molecule has 4 heteroatoms. The summed E-state index contributed by atoms with van der Waals surface area (Å²) in [7, 11) is 1.62. The van der Waals surface area contributed by atoms with E-state index in [1.54, 1.807) is 7.11 Å². The van der Waals surface area contributed by atoms with Gasteiger partial charge < -0.3 is 10.1 Å². The highest BCUT2D eigenvalue weighted by molar-refractivity contribution is 5.36. The first kappa shape index (κ1) is 17.0. The largest absolute Gasteiger partial charge is 0.496 e. The molecule has 1 fully saturated rings. The molecule has 1 aliphatic rings. The molecule has 1 aliphatic heterocycles. The van der Waals surface area contributed by atoms with E-state index in [9.17, 15) is 4.39 Å². The maximum atomic E-state index is 13.5. The van der Waals surface area contributed by atoms with Crippen molar-refractivity contribution < 1.29 is 9.13 Å². The lowest BCUT2D eigenvalue weighted by Gasteiger charge is -2.36. The number of allylic oxidation sites excluding steroid dienone is 1. The lowest BCUT2D eigenvalue weighted by atomic mass is 9.97. The maximum Gasteiger partial charge on any atom is 0.126 e. The molecule has 1 N–H and O–H groups in total. The first-order chi connectivity index (χ1) is 10.8. The fourth-order valence-electron chi connectivity index (χ4n) is 3.12. The standard InChI is InChI=1S/C18H27FN2O/c1-3-4-5-6-7-17(21-12-10-20-11-13-21)16-9-8-15(19)14-18(16)22-2/h3,8-9,14,17,20H,1,4-7,10-13H2,2H3/t17-/m0/s1. The molecule has 0 amide bonds. The molecule has 0 aromatic heterocycles. The number of hydrogen-bond donors (Lipinski definition) is 1. The highest BCUT2D eigenvalue weighted by atomic mass is 19.1. The number of piperazine rings is 1. The van der Waals surface area contributed by atoms with Crippen molar-refractivity contribution in [1.29, 1.82) is 0 Å². The minimum atomic E-state index is -0.244. The Morgan fingerprint density at radius 3 is 2.82 bits per heavy atom. The molecule has 1 saturated heterocycles. The molecule has 0 radical (unpaired) electrons. The van der Waals surface area contributed by atoms with E-state index >= 15 is 0 Å². The zero-order valence-corrected chi connectivity index (χ0v) is 13.5. The third-order valence-corrected chi connectivity index (χ3v) is 4.28. The molecule has 0 unspecified atom stereocenters. The predicted octanol–water partition coefficient (Wildman–Crippen LogP) is 3.53. The lowest BCUT2D eigenvalue weighted by Crippen LogP contribution is -2.45. The normalized spacial score (nSPS) is 17.2. The Bertz CT molecular complexity index is 472. The summed E-state index contributed by atoms with van der Waals surface area (Å²) in [4.78, 5) is 2.49. The van der Waals surface area contributed by atoms with Crippen LogP contribution in [0.3, 0.4) is 0 Å². The number of rotatable bonds is 8. The third kappa shape index (κ3) is 4.55. The summed E-state index contributed by atoms with van der Waals surface area (Å²) in [6.07, 6.45) is 6.37. The van der Waals surface area contributed by atoms with Crippen molar-refractivity contribution in [2.75, 3.05) is 33.3 Å². The van der Waals surface area contributed by atoms with E-state index in [2.05, 4.69) is 16.8 Å². The van der Waals surface area contributed by atoms with Gasteiger partial charge in [0.05, 0.1) is 7.11 Å². The van der Waals surface area contributed by atoms with Gasteiger partial charge in [-0.15, -0.1) is 6.58 Å². The molecule has 3 nitrogen and oxygen atoms in total. The van der Waals surface area contributed by atoms with Crippen LogP contribution in [0, 0.1) is 5.82 Å². The van der Waals surface area contributed by atoms with E-state index in [1.807, 2.05) is 12.1 Å². The minimum Gasteiger partial charge on any atom is -0.496 e. The van der Waals surface area contributed by atoms with Crippen molar-refractivity contribution in [3.63, 3.8) is 0 Å². The van der Waals surface area contributed by atoms with Gasteiger partial charge >= 0.3 is 0 Å². The Kier molecular flexibility index (Phi) is 6.87. The topological polar surface area (TPSA) is 24.5 Å². The fraction of sp³-hybridized carbons (Fsp3) is 0.556. The summed E-state index contributed by atoms with van der Waals surface area (Å²) >= 11 is 0. The minimum absolute atomic E-state index is 0.244. The van der Waals surface area contributed by atoms with Gasteiger partial charge in [0.15, 0.2) is 0 Å². The SMILES string of the molecule is C=CCCCC[C@@H](c1ccc(F)cc1OC)N1CCNCC1. The van der Waals surface area contributed by atoms with Crippen LogP contribution in [0.15, 0.2) is 30.9 Å². The fourth-order valence-corrected chi connectivity index (χ4v) is 3.12. The number of nitrogens with one attached hydrogen (secondary N) is 1. The van der Waals surface area contributed by atoms with Gasteiger partial charge in [-0.05, 0) is 25.3 Å². The van der Waals surface area contributed by atoms with E-state index in [4.69, 9.17) is 4.74 Å². The van der Waals surface area contributed by atoms with Gasteiger partial charge in [0.25, 0.3) is 0 Å². The Hall–Kier alpha value is -1.39. The highest BCUT2D eigenvalue weighted by Crippen LogP contribution is 2.34. The molecule has 1 aromatic carbocycles. The molecule has 1 aromatic rings. The van der Waals surface area contributed by atoms with Crippen LogP contribution < -0.4 is 10.1 Å². The molecule has 1 atom stereocenters. The summed E-state index contributed by atoms with van der Waals surface area (Å²) in [5, 5.41) is 3.39. The Labute approximate surface area is 133 Å². The number of unbranched alkanes of at least 4 members (excludes halogenated alkanes) is 2. The van der Waals surface area contributed by atoms with E-state index < -0.39 is 0 Å². The van der Waals surface area contributed by atoms with E-state index in [-0.39, 0.29) is 5.82 Å². The molecule has 0 aliphatic carbocycles. The number of nitrogens with zero attached hydrogens (tertiary/aromatic N) is 1. The number of halogens is 1. The molecule has 122 valence electrons. The van der Waals surface area contributed by atoms with Crippen LogP contribution in [0.25, 0.3) is 0 Å².